The lowest BCUT2D eigenvalue weighted by atomic mass is 9.90. The van der Waals surface area contributed by atoms with E-state index < -0.39 is 0 Å². The highest BCUT2D eigenvalue weighted by Gasteiger charge is 2.24. The van der Waals surface area contributed by atoms with E-state index in [0.717, 1.165) is 47.8 Å². The molecule has 0 aliphatic heterocycles. The molecule has 0 radical (unpaired) electrons. The molecule has 1 heterocycles. The first-order valence-corrected chi connectivity index (χ1v) is 10.3. The Balaban J connectivity index is 1.36. The van der Waals surface area contributed by atoms with Crippen LogP contribution in [0.3, 0.4) is 0 Å². The first-order chi connectivity index (χ1) is 14.0. The van der Waals surface area contributed by atoms with Crippen LogP contribution in [0.15, 0.2) is 48.7 Å². The van der Waals surface area contributed by atoms with Crippen LogP contribution in [0.2, 0.25) is 5.02 Å². The van der Waals surface area contributed by atoms with Gasteiger partial charge < -0.3 is 15.7 Å². The number of halogens is 1. The predicted molar refractivity (Wildman–Crippen MR) is 117 cm³/mol. The number of phenols is 1. The quantitative estimate of drug-likeness (QED) is 0.563. The Morgan fingerprint density at radius 2 is 1.83 bits per heavy atom. The Kier molecular flexibility index (Phi) is 5.58. The molecule has 4 rings (SSSR count). The van der Waals surface area contributed by atoms with Gasteiger partial charge in [0.05, 0.1) is 11.1 Å². The van der Waals surface area contributed by atoms with Gasteiger partial charge in [0.25, 0.3) is 5.91 Å². The summed E-state index contributed by atoms with van der Waals surface area (Å²) in [5.74, 6) is -0.187. The summed E-state index contributed by atoms with van der Waals surface area (Å²) >= 11 is 6.07. The van der Waals surface area contributed by atoms with Gasteiger partial charge in [-0.05, 0) is 69.0 Å². The van der Waals surface area contributed by atoms with Gasteiger partial charge in [0.2, 0.25) is 0 Å². The first-order valence-electron chi connectivity index (χ1n) is 9.91. The van der Waals surface area contributed by atoms with Crippen LogP contribution in [0.25, 0.3) is 10.9 Å². The van der Waals surface area contributed by atoms with Crippen LogP contribution >= 0.6 is 11.6 Å². The predicted octanol–water partition coefficient (Wildman–Crippen LogP) is 5.06. The SMILES string of the molecule is Cc1ccc(O)c(C(=O)NC2CCC(Nc3ccnc4cc(Cl)ccc34)CC2)c1. The number of carbonyl (C=O) groups excluding carboxylic acids is 1. The highest BCUT2D eigenvalue weighted by molar-refractivity contribution is 6.31. The zero-order chi connectivity index (χ0) is 20.4. The summed E-state index contributed by atoms with van der Waals surface area (Å²) in [5, 5.41) is 18.4. The normalized spacial score (nSPS) is 19.1. The molecule has 6 heteroatoms. The van der Waals surface area contributed by atoms with Crippen LogP contribution in [-0.2, 0) is 0 Å². The molecule has 3 N–H and O–H groups in total. The van der Waals surface area contributed by atoms with E-state index in [2.05, 4.69) is 15.6 Å². The number of phenolic OH excluding ortho intramolecular Hbond substituents is 1. The van der Waals surface area contributed by atoms with Gasteiger partial charge in [-0.2, -0.15) is 0 Å². The fourth-order valence-electron chi connectivity index (χ4n) is 3.94. The molecule has 1 saturated carbocycles. The molecule has 0 unspecified atom stereocenters. The van der Waals surface area contributed by atoms with E-state index >= 15 is 0 Å². The van der Waals surface area contributed by atoms with Crippen molar-refractivity contribution in [3.8, 4) is 5.75 Å². The molecule has 150 valence electrons. The number of nitrogens with one attached hydrogen (secondary N) is 2. The van der Waals surface area contributed by atoms with Crippen LogP contribution in [0.4, 0.5) is 5.69 Å². The maximum Gasteiger partial charge on any atom is 0.255 e. The minimum Gasteiger partial charge on any atom is -0.507 e. The zero-order valence-electron chi connectivity index (χ0n) is 16.3. The number of anilines is 1. The number of fused-ring (bicyclic) bond motifs is 1. The number of benzene rings is 2. The number of aryl methyl sites for hydroxylation is 1. The molecular weight excluding hydrogens is 386 g/mol. The summed E-state index contributed by atoms with van der Waals surface area (Å²) < 4.78 is 0. The van der Waals surface area contributed by atoms with Gasteiger partial charge in [-0.25, -0.2) is 0 Å². The molecule has 1 fully saturated rings. The molecule has 0 spiro atoms. The smallest absolute Gasteiger partial charge is 0.255 e. The molecule has 29 heavy (non-hydrogen) atoms. The van der Waals surface area contributed by atoms with Crippen molar-refractivity contribution in [2.45, 2.75) is 44.7 Å². The average Bonchev–Trinajstić information content (AvgIpc) is 2.71. The Morgan fingerprint density at radius 1 is 1.07 bits per heavy atom. The summed E-state index contributed by atoms with van der Waals surface area (Å²) in [7, 11) is 0. The molecule has 0 saturated heterocycles. The number of carbonyl (C=O) groups is 1. The van der Waals surface area contributed by atoms with Crippen molar-refractivity contribution in [1.82, 2.24) is 10.3 Å². The van der Waals surface area contributed by atoms with Crippen LogP contribution in [0, 0.1) is 6.92 Å². The molecule has 1 amide bonds. The molecule has 5 nitrogen and oxygen atoms in total. The van der Waals surface area contributed by atoms with E-state index in [-0.39, 0.29) is 17.7 Å². The molecule has 0 bridgehead atoms. The second-order valence-corrected chi connectivity index (χ2v) is 8.14. The van der Waals surface area contributed by atoms with Crippen LogP contribution < -0.4 is 10.6 Å². The highest BCUT2D eigenvalue weighted by atomic mass is 35.5. The molecule has 0 atom stereocenters. The zero-order valence-corrected chi connectivity index (χ0v) is 17.0. The number of amides is 1. The maximum atomic E-state index is 12.5. The number of nitrogens with zero attached hydrogens (tertiary/aromatic N) is 1. The molecule has 1 aliphatic carbocycles. The summed E-state index contributed by atoms with van der Waals surface area (Å²) in [6.07, 6.45) is 5.50. The van der Waals surface area contributed by atoms with Gasteiger partial charge in [0.1, 0.15) is 5.75 Å². The number of rotatable bonds is 4. The minimum absolute atomic E-state index is 0.0214. The van der Waals surface area contributed by atoms with Crippen molar-refractivity contribution >= 4 is 34.1 Å². The van der Waals surface area contributed by atoms with Gasteiger partial charge >= 0.3 is 0 Å². The number of hydrogen-bond donors (Lipinski definition) is 3. The van der Waals surface area contributed by atoms with E-state index in [0.29, 0.717) is 16.6 Å². The third kappa shape index (κ3) is 4.46. The Hall–Kier alpha value is -2.79. The van der Waals surface area contributed by atoms with Crippen molar-refractivity contribution < 1.29 is 9.90 Å². The van der Waals surface area contributed by atoms with Gasteiger partial charge in [0, 0.05) is 34.4 Å². The van der Waals surface area contributed by atoms with Crippen LogP contribution in [-0.4, -0.2) is 28.1 Å². The van der Waals surface area contributed by atoms with Gasteiger partial charge in [-0.15, -0.1) is 0 Å². The van der Waals surface area contributed by atoms with Crippen LogP contribution in [0.5, 0.6) is 5.75 Å². The number of aromatic nitrogens is 1. The van der Waals surface area contributed by atoms with E-state index in [9.17, 15) is 9.90 Å². The Morgan fingerprint density at radius 3 is 2.62 bits per heavy atom. The van der Waals surface area contributed by atoms with Crippen molar-refractivity contribution in [3.63, 3.8) is 0 Å². The van der Waals surface area contributed by atoms with E-state index in [1.54, 1.807) is 24.4 Å². The fourth-order valence-corrected chi connectivity index (χ4v) is 4.11. The topological polar surface area (TPSA) is 74.2 Å². The Labute approximate surface area is 175 Å². The van der Waals surface area contributed by atoms with E-state index in [1.165, 1.54) is 0 Å². The second kappa shape index (κ2) is 8.29. The largest absolute Gasteiger partial charge is 0.507 e. The molecular formula is C23H24ClN3O2. The summed E-state index contributed by atoms with van der Waals surface area (Å²) in [4.78, 5) is 16.9. The molecule has 3 aromatic rings. The Bertz CT molecular complexity index is 1050. The lowest BCUT2D eigenvalue weighted by Crippen LogP contribution is -2.40. The van der Waals surface area contributed by atoms with Gasteiger partial charge in [-0.3, -0.25) is 9.78 Å². The van der Waals surface area contributed by atoms with Crippen molar-refractivity contribution in [3.05, 3.63) is 64.8 Å². The van der Waals surface area contributed by atoms with Gasteiger partial charge in [-0.1, -0.05) is 23.2 Å². The monoisotopic (exact) mass is 409 g/mol. The number of aromatic hydroxyl groups is 1. The fraction of sp³-hybridized carbons (Fsp3) is 0.304. The second-order valence-electron chi connectivity index (χ2n) is 7.71. The van der Waals surface area contributed by atoms with E-state index in [1.807, 2.05) is 31.2 Å². The van der Waals surface area contributed by atoms with Crippen molar-refractivity contribution in [1.29, 1.82) is 0 Å². The minimum atomic E-state index is -0.209. The first kappa shape index (κ1) is 19.5. The average molecular weight is 410 g/mol. The summed E-state index contributed by atoms with van der Waals surface area (Å²) in [6, 6.07) is 13.3. The van der Waals surface area contributed by atoms with Crippen molar-refractivity contribution in [2.24, 2.45) is 0 Å². The third-order valence-electron chi connectivity index (χ3n) is 5.52. The number of hydrogen-bond acceptors (Lipinski definition) is 4. The number of pyridine rings is 1. The van der Waals surface area contributed by atoms with Gasteiger partial charge in [0.15, 0.2) is 0 Å². The summed E-state index contributed by atoms with van der Waals surface area (Å²) in [5.41, 5.74) is 3.23. The molecule has 1 aromatic heterocycles. The molecule has 2 aromatic carbocycles. The lowest BCUT2D eigenvalue weighted by molar-refractivity contribution is 0.0924. The van der Waals surface area contributed by atoms with E-state index in [4.69, 9.17) is 11.6 Å². The highest BCUT2D eigenvalue weighted by Crippen LogP contribution is 2.28. The third-order valence-corrected chi connectivity index (χ3v) is 5.76. The maximum absolute atomic E-state index is 12.5. The molecule has 1 aliphatic rings. The standard InChI is InChI=1S/C23H24ClN3O2/c1-14-2-9-22(28)19(12-14)23(29)27-17-6-4-16(5-7-17)26-20-10-11-25-21-13-15(24)3-8-18(20)21/h2-3,8-13,16-17,28H,4-7H2,1H3,(H,25,26)(H,27,29). The van der Waals surface area contributed by atoms with Crippen molar-refractivity contribution in [2.75, 3.05) is 5.32 Å². The van der Waals surface area contributed by atoms with Crippen LogP contribution in [0.1, 0.15) is 41.6 Å². The summed E-state index contributed by atoms with van der Waals surface area (Å²) in [6.45, 7) is 1.91. The lowest BCUT2D eigenvalue weighted by Gasteiger charge is -2.30.